The Morgan fingerprint density at radius 2 is 0.353 bits per heavy atom. The predicted octanol–water partition coefficient (Wildman–Crippen LogP) is 24.6. The number of ether oxygens (including phenoxy) is 8. The van der Waals surface area contributed by atoms with Gasteiger partial charge in [-0.1, -0.05) is 173 Å². The molecule has 0 aliphatic carbocycles. The van der Waals surface area contributed by atoms with E-state index in [0.717, 1.165) is 110 Å². The van der Waals surface area contributed by atoms with Crippen LogP contribution in [0.2, 0.25) is 0 Å². The Morgan fingerprint density at radius 3 is 0.456 bits per heavy atom. The molecule has 136 heavy (non-hydrogen) atoms. The van der Waals surface area contributed by atoms with Crippen LogP contribution in [0.25, 0.3) is 0 Å². The van der Waals surface area contributed by atoms with Crippen molar-refractivity contribution in [2.24, 2.45) is 23.7 Å². The molecule has 2 unspecified atom stereocenters. The van der Waals surface area contributed by atoms with E-state index >= 15 is 0 Å². The summed E-state index contributed by atoms with van der Waals surface area (Å²) in [6.07, 6.45) is 15.6. The summed E-state index contributed by atoms with van der Waals surface area (Å²) in [5.74, 6) is 5.95. The lowest BCUT2D eigenvalue weighted by Gasteiger charge is -2.28. The van der Waals surface area contributed by atoms with Crippen LogP contribution in [0.3, 0.4) is 0 Å². The molecule has 728 valence electrons. The highest BCUT2D eigenvalue weighted by Gasteiger charge is 2.42. The van der Waals surface area contributed by atoms with Gasteiger partial charge in [0.15, 0.2) is 39.3 Å². The van der Waals surface area contributed by atoms with E-state index in [-0.39, 0.29) is 23.7 Å². The first kappa shape index (κ1) is 109. The third-order valence-electron chi connectivity index (χ3n) is 25.1. The molecule has 0 saturated heterocycles. The van der Waals surface area contributed by atoms with Crippen molar-refractivity contribution in [2.75, 3.05) is 56.9 Å². The summed E-state index contributed by atoms with van der Waals surface area (Å²) in [6.45, 7) is 23.5. The van der Waals surface area contributed by atoms with Crippen LogP contribution in [0.1, 0.15) is 117 Å². The smallest absolute Gasteiger partial charge is 0.157 e. The van der Waals surface area contributed by atoms with Crippen LogP contribution in [0.5, 0.6) is 46.0 Å². The molecule has 4 heterocycles. The molecule has 8 aromatic carbocycles. The second-order valence-electron chi connectivity index (χ2n) is 34.6. The van der Waals surface area contributed by atoms with Crippen LogP contribution in [0, 0.1) is 23.7 Å². The lowest BCUT2D eigenvalue weighted by atomic mass is 10.0. The van der Waals surface area contributed by atoms with Crippen LogP contribution in [0.4, 0.5) is 0 Å². The van der Waals surface area contributed by atoms with Crippen molar-refractivity contribution < 1.29 is 71.6 Å². The van der Waals surface area contributed by atoms with E-state index < -0.39 is 81.3 Å². The number of methoxy groups -OCH3 is 8. The van der Waals surface area contributed by atoms with E-state index in [1.165, 1.54) is 0 Å². The minimum atomic E-state index is -3.49. The summed E-state index contributed by atoms with van der Waals surface area (Å²) in [5.41, 5.74) is 7.85. The summed E-state index contributed by atoms with van der Waals surface area (Å²) in [4.78, 5) is 4.38. The van der Waals surface area contributed by atoms with E-state index in [2.05, 4.69) is 26.3 Å². The lowest BCUT2D eigenvalue weighted by molar-refractivity contribution is 0.414. The molecule has 0 saturated carbocycles. The lowest BCUT2D eigenvalue weighted by Crippen LogP contribution is -2.40. The summed E-state index contributed by atoms with van der Waals surface area (Å²) in [7, 11) is -0.951. The maximum Gasteiger partial charge on any atom is 0.157 e. The van der Waals surface area contributed by atoms with E-state index in [1.54, 1.807) is 102 Å². The second kappa shape index (κ2) is 55.3. The Bertz CT molecular complexity index is 5020. The number of hydrogen-bond donors (Lipinski definition) is 0. The number of rotatable bonds is 52. The van der Waals surface area contributed by atoms with Crippen molar-refractivity contribution in [2.45, 2.75) is 172 Å². The summed E-state index contributed by atoms with van der Waals surface area (Å²) >= 11 is 6.45. The van der Waals surface area contributed by atoms with E-state index in [4.69, 9.17) is 37.9 Å². The number of benzene rings is 8. The molecular weight excluding hydrogens is 1860 g/mol. The molecular formula is C112H136O16S8. The highest BCUT2D eigenvalue weighted by Crippen LogP contribution is 2.37. The molecule has 4 aromatic heterocycles. The Hall–Kier alpha value is -10.3. The monoisotopic (exact) mass is 1990 g/mol. The van der Waals surface area contributed by atoms with Crippen molar-refractivity contribution in [3.05, 3.63) is 379 Å². The molecule has 0 radical (unpaired) electrons. The number of hydrogen-bond acceptors (Lipinski definition) is 20. The molecule has 8 atom stereocenters. The maximum atomic E-state index is 14.2. The Labute approximate surface area is 827 Å². The molecule has 0 bridgehead atoms. The van der Waals surface area contributed by atoms with Gasteiger partial charge >= 0.3 is 0 Å². The van der Waals surface area contributed by atoms with Gasteiger partial charge in [-0.05, 0) is 314 Å². The van der Waals surface area contributed by atoms with Crippen LogP contribution in [-0.4, -0.2) is 133 Å². The Morgan fingerprint density at radius 1 is 0.221 bits per heavy atom. The van der Waals surface area contributed by atoms with Crippen molar-refractivity contribution in [1.29, 1.82) is 0 Å². The Kier molecular flexibility index (Phi) is 44.5. The molecule has 0 spiro atoms. The zero-order chi connectivity index (χ0) is 98.2. The van der Waals surface area contributed by atoms with E-state index in [1.807, 2.05) is 316 Å². The van der Waals surface area contributed by atoms with Gasteiger partial charge < -0.3 is 37.9 Å². The van der Waals surface area contributed by atoms with Crippen molar-refractivity contribution in [3.8, 4) is 46.0 Å². The van der Waals surface area contributed by atoms with Crippen molar-refractivity contribution in [1.82, 2.24) is 0 Å². The van der Waals surface area contributed by atoms with Gasteiger partial charge in [-0.25, -0.2) is 33.7 Å². The molecule has 0 aliphatic heterocycles. The second-order valence-corrected chi connectivity index (χ2v) is 48.5. The van der Waals surface area contributed by atoms with E-state index in [0.29, 0.717) is 103 Å². The fourth-order valence-electron chi connectivity index (χ4n) is 17.1. The highest BCUT2D eigenvalue weighted by molar-refractivity contribution is 7.93. The standard InChI is InChI=1S/4C28H34O4S2/c4*1-5-7-21(2)28(20-26-8-6-17-33-26)34(29,30)27(18-22-9-13-24(31-3)14-10-22)19-23-11-15-25(32-4)16-12-23/h4*5-6,8-17,21,27-28H,1,7,18-20H2,2-4H3/t21-,28+;2*21-,28-;/m110./s1. The molecule has 0 aliphatic rings. The minimum Gasteiger partial charge on any atom is -0.497 e. The number of allylic oxidation sites excluding steroid dienone is 4. The molecule has 12 rings (SSSR count). The normalized spacial score (nSPS) is 13.4. The van der Waals surface area contributed by atoms with Gasteiger partial charge in [-0.2, -0.15) is 0 Å². The zero-order valence-corrected chi connectivity index (χ0v) is 87.1. The first-order valence-corrected chi connectivity index (χ1v) is 55.9. The molecule has 0 N–H and O–H groups in total. The van der Waals surface area contributed by atoms with Crippen molar-refractivity contribution >= 4 is 84.7 Å². The summed E-state index contributed by atoms with van der Waals surface area (Å²) in [6, 6.07) is 77.5. The molecule has 0 amide bonds. The van der Waals surface area contributed by atoms with Gasteiger partial charge in [0, 0.05) is 19.5 Å². The van der Waals surface area contributed by atoms with E-state index in [9.17, 15) is 33.7 Å². The van der Waals surface area contributed by atoms with Crippen molar-refractivity contribution in [3.63, 3.8) is 0 Å². The first-order chi connectivity index (χ1) is 65.5. The van der Waals surface area contributed by atoms with Gasteiger partial charge in [0.1, 0.15) is 46.0 Å². The zero-order valence-electron chi connectivity index (χ0n) is 80.6. The fourth-order valence-corrected chi connectivity index (χ4v) is 30.7. The number of thiophene rings is 4. The third kappa shape index (κ3) is 33.0. The summed E-state index contributed by atoms with van der Waals surface area (Å²) < 4.78 is 156. The molecule has 24 heteroatoms. The molecule has 12 aromatic rings. The number of sulfone groups is 4. The average Bonchev–Trinajstić information content (AvgIpc) is 1.25. The van der Waals surface area contributed by atoms with Crippen LogP contribution < -0.4 is 37.9 Å². The predicted molar refractivity (Wildman–Crippen MR) is 568 cm³/mol. The first-order valence-electron chi connectivity index (χ1n) is 46.0. The van der Waals surface area contributed by atoms with Gasteiger partial charge in [0.05, 0.1) is 98.9 Å². The quantitative estimate of drug-likeness (QED) is 0.0324. The van der Waals surface area contributed by atoms with Gasteiger partial charge in [-0.3, -0.25) is 0 Å². The van der Waals surface area contributed by atoms with Gasteiger partial charge in [-0.15, -0.1) is 71.7 Å². The van der Waals surface area contributed by atoms with Crippen LogP contribution >= 0.6 is 45.3 Å². The van der Waals surface area contributed by atoms with Gasteiger partial charge in [0.25, 0.3) is 0 Å². The Balaban J connectivity index is 0.000000203. The van der Waals surface area contributed by atoms with Crippen LogP contribution in [-0.2, 0) is 116 Å². The highest BCUT2D eigenvalue weighted by atomic mass is 32.2. The SMILES string of the molecule is C=CCC(C)C(Cc1cccs1)S(=O)(=O)C(Cc1ccc(OC)cc1)Cc1ccc(OC)cc1.C=CC[C@@H](C)[C@@H](Cc1cccs1)S(=O)(=O)C(Cc1ccc(OC)cc1)Cc1ccc(OC)cc1.C=CC[C@@H](C)[C@H](Cc1cccs1)S(=O)(=O)C(Cc1ccc(OC)cc1)Cc1ccc(OC)cc1.C=CC[C@H](C)[C@H](Cc1cccs1)S(=O)(=O)C(Cc1ccc(OC)cc1)Cc1ccc(OC)cc1. The third-order valence-corrected chi connectivity index (χ3v) is 39.7. The molecule has 16 nitrogen and oxygen atoms in total. The maximum absolute atomic E-state index is 14.2. The van der Waals surface area contributed by atoms with Gasteiger partial charge in [0.2, 0.25) is 0 Å². The average molecular weight is 1990 g/mol. The molecule has 0 fully saturated rings. The van der Waals surface area contributed by atoms with Crippen LogP contribution in [0.15, 0.2) is 315 Å². The fraction of sp³-hybridized carbons (Fsp3) is 0.357. The summed E-state index contributed by atoms with van der Waals surface area (Å²) in [5, 5.41) is 3.89. The largest absolute Gasteiger partial charge is 0.497 e. The minimum absolute atomic E-state index is 0.0289. The topological polar surface area (TPSA) is 210 Å².